The van der Waals surface area contributed by atoms with Crippen LogP contribution in [0.1, 0.15) is 54.9 Å². The maximum Gasteiger partial charge on any atom is 0.192 e. The van der Waals surface area contributed by atoms with Crippen molar-refractivity contribution in [3.63, 3.8) is 0 Å². The molecule has 5 atom stereocenters. The molecule has 0 aromatic heterocycles. The number of hydrogen-bond donors (Lipinski definition) is 2. The lowest BCUT2D eigenvalue weighted by molar-refractivity contribution is -0.142. The first-order valence-corrected chi connectivity index (χ1v) is 15.4. The van der Waals surface area contributed by atoms with Crippen molar-refractivity contribution in [2.24, 2.45) is 5.92 Å². The second-order valence-electron chi connectivity index (χ2n) is 11.0. The fourth-order valence-electron chi connectivity index (χ4n) is 2.71. The second kappa shape index (κ2) is 7.36. The summed E-state index contributed by atoms with van der Waals surface area (Å²) in [5.41, 5.74) is 0. The van der Waals surface area contributed by atoms with Crippen LogP contribution in [0.15, 0.2) is 0 Å². The molecule has 25 heavy (non-hydrogen) atoms. The van der Waals surface area contributed by atoms with Gasteiger partial charge >= 0.3 is 0 Å². The van der Waals surface area contributed by atoms with Crippen LogP contribution in [0.3, 0.4) is 0 Å². The van der Waals surface area contributed by atoms with E-state index in [4.69, 9.17) is 8.85 Å². The number of aliphatic hydroxyl groups is 2. The highest BCUT2D eigenvalue weighted by molar-refractivity contribution is 6.74. The summed E-state index contributed by atoms with van der Waals surface area (Å²) in [5.74, 6) is 0.00374. The van der Waals surface area contributed by atoms with Gasteiger partial charge in [0.25, 0.3) is 0 Å². The molecule has 4 nitrogen and oxygen atoms in total. The average molecular weight is 391 g/mol. The molecule has 0 unspecified atom stereocenters. The maximum atomic E-state index is 10.9. The Bertz CT molecular complexity index is 451. The summed E-state index contributed by atoms with van der Waals surface area (Å²) in [6, 6.07) is 0. The molecular formula is C19H42O4Si2. The standard InChI is InChI=1S/C19H42O4Si2/c1-13-12-14(20)16(22-24(8,9)18(2,3)4)17(15(13)21)23-25(10,11)19(5,6)7/h13-17,20-21H,12H2,1-11H3/t13-,14+,15+,16+,17+/m0/s1. The van der Waals surface area contributed by atoms with Gasteiger partial charge in [-0.15, -0.1) is 0 Å². The SMILES string of the molecule is C[C@H]1C[C@@H](O)[C@@H](O[Si](C)(C)C(C)(C)C)[C@H](O[Si](C)(C)C(C)(C)C)[C@@H]1O. The van der Waals surface area contributed by atoms with E-state index >= 15 is 0 Å². The van der Waals surface area contributed by atoms with Gasteiger partial charge in [-0.25, -0.2) is 0 Å². The molecule has 0 saturated heterocycles. The summed E-state index contributed by atoms with van der Waals surface area (Å²) in [6.45, 7) is 23.9. The number of rotatable bonds is 4. The molecular weight excluding hydrogens is 348 g/mol. The van der Waals surface area contributed by atoms with E-state index < -0.39 is 41.1 Å². The van der Waals surface area contributed by atoms with Crippen LogP contribution in [0.5, 0.6) is 0 Å². The summed E-state index contributed by atoms with van der Waals surface area (Å²) in [6.07, 6.45) is -1.57. The van der Waals surface area contributed by atoms with E-state index in [0.717, 1.165) is 0 Å². The minimum absolute atomic E-state index is 0.00374. The predicted octanol–water partition coefficient (Wildman–Crippen LogP) is 4.53. The van der Waals surface area contributed by atoms with Gasteiger partial charge < -0.3 is 19.1 Å². The van der Waals surface area contributed by atoms with Crippen molar-refractivity contribution in [3.8, 4) is 0 Å². The third-order valence-corrected chi connectivity index (χ3v) is 15.7. The van der Waals surface area contributed by atoms with Crippen LogP contribution in [-0.2, 0) is 8.85 Å². The molecule has 1 rings (SSSR count). The smallest absolute Gasteiger partial charge is 0.192 e. The van der Waals surface area contributed by atoms with E-state index in [9.17, 15) is 10.2 Å². The fraction of sp³-hybridized carbons (Fsp3) is 1.00. The average Bonchev–Trinajstić information content (AvgIpc) is 2.37. The van der Waals surface area contributed by atoms with Gasteiger partial charge in [0.2, 0.25) is 0 Å². The summed E-state index contributed by atoms with van der Waals surface area (Å²) >= 11 is 0. The van der Waals surface area contributed by atoms with Gasteiger partial charge in [0.05, 0.1) is 24.4 Å². The molecule has 0 amide bonds. The monoisotopic (exact) mass is 390 g/mol. The quantitative estimate of drug-likeness (QED) is 0.692. The van der Waals surface area contributed by atoms with E-state index in [0.29, 0.717) is 6.42 Å². The zero-order chi connectivity index (χ0) is 20.0. The normalized spacial score (nSPS) is 32.8. The summed E-state index contributed by atoms with van der Waals surface area (Å²) in [5, 5.41) is 21.7. The van der Waals surface area contributed by atoms with Crippen molar-refractivity contribution < 1.29 is 19.1 Å². The molecule has 0 spiro atoms. The third-order valence-electron chi connectivity index (χ3n) is 6.71. The van der Waals surface area contributed by atoms with E-state index in [1.165, 1.54) is 0 Å². The molecule has 1 aliphatic rings. The Labute approximate surface area is 157 Å². The minimum Gasteiger partial charge on any atom is -0.409 e. The van der Waals surface area contributed by atoms with Crippen LogP contribution in [0.2, 0.25) is 36.3 Å². The van der Waals surface area contributed by atoms with Crippen molar-refractivity contribution >= 4 is 16.6 Å². The minimum atomic E-state index is -2.09. The van der Waals surface area contributed by atoms with Gasteiger partial charge in [-0.1, -0.05) is 48.5 Å². The van der Waals surface area contributed by atoms with Crippen LogP contribution in [0.4, 0.5) is 0 Å². The zero-order valence-corrected chi connectivity index (χ0v) is 20.3. The Balaban J connectivity index is 3.17. The summed E-state index contributed by atoms with van der Waals surface area (Å²) < 4.78 is 13.2. The molecule has 0 aromatic rings. The van der Waals surface area contributed by atoms with Crippen molar-refractivity contribution in [1.82, 2.24) is 0 Å². The van der Waals surface area contributed by atoms with Crippen LogP contribution >= 0.6 is 0 Å². The maximum absolute atomic E-state index is 10.9. The highest BCUT2D eigenvalue weighted by atomic mass is 28.4. The second-order valence-corrected chi connectivity index (χ2v) is 20.5. The van der Waals surface area contributed by atoms with Crippen LogP contribution in [-0.4, -0.2) is 51.3 Å². The summed E-state index contributed by atoms with van der Waals surface area (Å²) in [4.78, 5) is 0. The largest absolute Gasteiger partial charge is 0.409 e. The molecule has 150 valence electrons. The molecule has 0 aliphatic heterocycles. The third kappa shape index (κ3) is 5.17. The molecule has 0 radical (unpaired) electrons. The van der Waals surface area contributed by atoms with Crippen molar-refractivity contribution in [1.29, 1.82) is 0 Å². The lowest BCUT2D eigenvalue weighted by atomic mass is 9.82. The van der Waals surface area contributed by atoms with Crippen molar-refractivity contribution in [2.75, 3.05) is 0 Å². The Hall–Kier alpha value is 0.274. The first-order valence-electron chi connectivity index (χ1n) is 9.62. The van der Waals surface area contributed by atoms with Gasteiger partial charge in [0, 0.05) is 0 Å². The predicted molar refractivity (Wildman–Crippen MR) is 110 cm³/mol. The van der Waals surface area contributed by atoms with E-state index in [-0.39, 0.29) is 16.0 Å². The molecule has 0 bridgehead atoms. The molecule has 6 heteroatoms. The molecule has 0 heterocycles. The Morgan fingerprint density at radius 1 is 0.760 bits per heavy atom. The fourth-order valence-corrected chi connectivity index (χ4v) is 5.34. The first-order chi connectivity index (χ1) is 10.9. The van der Waals surface area contributed by atoms with Crippen LogP contribution in [0.25, 0.3) is 0 Å². The lowest BCUT2D eigenvalue weighted by Crippen LogP contribution is -2.62. The topological polar surface area (TPSA) is 58.9 Å². The van der Waals surface area contributed by atoms with Gasteiger partial charge in [-0.3, -0.25) is 0 Å². The molecule has 2 N–H and O–H groups in total. The molecule has 1 saturated carbocycles. The van der Waals surface area contributed by atoms with Crippen LogP contribution < -0.4 is 0 Å². The zero-order valence-electron chi connectivity index (χ0n) is 18.3. The number of hydrogen-bond acceptors (Lipinski definition) is 4. The van der Waals surface area contributed by atoms with Crippen molar-refractivity contribution in [2.45, 2.75) is 116 Å². The Morgan fingerprint density at radius 2 is 1.12 bits per heavy atom. The van der Waals surface area contributed by atoms with Crippen molar-refractivity contribution in [3.05, 3.63) is 0 Å². The van der Waals surface area contributed by atoms with E-state index in [2.05, 4.69) is 67.7 Å². The van der Waals surface area contributed by atoms with Gasteiger partial charge in [0.1, 0.15) is 0 Å². The highest BCUT2D eigenvalue weighted by Crippen LogP contribution is 2.43. The van der Waals surface area contributed by atoms with E-state index in [1.54, 1.807) is 0 Å². The first kappa shape index (κ1) is 23.3. The number of aliphatic hydroxyl groups excluding tert-OH is 2. The Morgan fingerprint density at radius 3 is 1.48 bits per heavy atom. The van der Waals surface area contributed by atoms with Gasteiger partial charge in [-0.05, 0) is 48.6 Å². The highest BCUT2D eigenvalue weighted by Gasteiger charge is 2.51. The van der Waals surface area contributed by atoms with Gasteiger partial charge in [-0.2, -0.15) is 0 Å². The van der Waals surface area contributed by atoms with E-state index in [1.807, 2.05) is 6.92 Å². The Kier molecular flexibility index (Phi) is 6.86. The molecule has 0 aromatic carbocycles. The van der Waals surface area contributed by atoms with Crippen LogP contribution in [0, 0.1) is 5.92 Å². The lowest BCUT2D eigenvalue weighted by Gasteiger charge is -2.50. The summed E-state index contributed by atoms with van der Waals surface area (Å²) in [7, 11) is -4.18. The molecule has 1 aliphatic carbocycles. The van der Waals surface area contributed by atoms with Gasteiger partial charge in [0.15, 0.2) is 16.6 Å². The molecule has 1 fully saturated rings.